The van der Waals surface area contributed by atoms with E-state index in [1.165, 1.54) is 0 Å². The van der Waals surface area contributed by atoms with Crippen molar-refractivity contribution < 1.29 is 23.2 Å². The number of nitro benzene ring substituents is 1. The summed E-state index contributed by atoms with van der Waals surface area (Å²) in [7, 11) is -2.27. The van der Waals surface area contributed by atoms with Crippen molar-refractivity contribution in [1.82, 2.24) is 9.62 Å². The first-order valence-electron chi connectivity index (χ1n) is 7.46. The van der Waals surface area contributed by atoms with Crippen molar-refractivity contribution in [3.63, 3.8) is 0 Å². The van der Waals surface area contributed by atoms with Gasteiger partial charge in [0.2, 0.25) is 10.0 Å². The van der Waals surface area contributed by atoms with Crippen molar-refractivity contribution in [2.75, 3.05) is 20.1 Å². The Kier molecular flexibility index (Phi) is 5.72. The van der Waals surface area contributed by atoms with E-state index in [1.807, 2.05) is 11.9 Å². The lowest BCUT2D eigenvalue weighted by Gasteiger charge is -2.40. The highest BCUT2D eigenvalue weighted by Gasteiger charge is 2.44. The van der Waals surface area contributed by atoms with Gasteiger partial charge in [0.15, 0.2) is 0 Å². The third-order valence-electron chi connectivity index (χ3n) is 4.27. The lowest BCUT2D eigenvalue weighted by Crippen LogP contribution is -2.57. The SMILES string of the molecule is CN1CCC(S)([C@H](NS(=O)(=O)c2ccc([N+](=O)[O-])cc2)C(=O)O)CC1. The molecule has 2 N–H and O–H groups in total. The van der Waals surface area contributed by atoms with E-state index in [0.717, 1.165) is 24.3 Å². The molecule has 1 saturated heterocycles. The zero-order valence-electron chi connectivity index (χ0n) is 13.5. The van der Waals surface area contributed by atoms with Crippen LogP contribution in [-0.4, -0.2) is 60.2 Å². The van der Waals surface area contributed by atoms with Gasteiger partial charge >= 0.3 is 5.97 Å². The van der Waals surface area contributed by atoms with Crippen LogP contribution in [-0.2, 0) is 14.8 Å². The number of non-ortho nitro benzene ring substituents is 1. The Morgan fingerprint density at radius 1 is 1.36 bits per heavy atom. The number of hydrogen-bond acceptors (Lipinski definition) is 7. The predicted octanol–water partition coefficient (Wildman–Crippen LogP) is 0.720. The fourth-order valence-electron chi connectivity index (χ4n) is 2.65. The van der Waals surface area contributed by atoms with Crippen molar-refractivity contribution in [1.29, 1.82) is 0 Å². The molecule has 138 valence electrons. The summed E-state index contributed by atoms with van der Waals surface area (Å²) in [5.74, 6) is -1.31. The van der Waals surface area contributed by atoms with Crippen LogP contribution in [0, 0.1) is 10.1 Å². The quantitative estimate of drug-likeness (QED) is 0.371. The third-order valence-corrected chi connectivity index (χ3v) is 6.41. The highest BCUT2D eigenvalue weighted by atomic mass is 32.2. The summed E-state index contributed by atoms with van der Waals surface area (Å²) in [6.45, 7) is 1.21. The fraction of sp³-hybridized carbons (Fsp3) is 0.500. The molecule has 1 heterocycles. The van der Waals surface area contributed by atoms with E-state index in [2.05, 4.69) is 17.4 Å². The van der Waals surface area contributed by atoms with Crippen molar-refractivity contribution in [3.8, 4) is 0 Å². The monoisotopic (exact) mass is 389 g/mol. The minimum absolute atomic E-state index is 0.241. The van der Waals surface area contributed by atoms with Gasteiger partial charge in [-0.2, -0.15) is 17.4 Å². The zero-order chi connectivity index (χ0) is 18.8. The van der Waals surface area contributed by atoms with Gasteiger partial charge in [-0.1, -0.05) is 0 Å². The molecular formula is C14H19N3O6S2. The average molecular weight is 389 g/mol. The van der Waals surface area contributed by atoms with Crippen molar-refractivity contribution in [2.24, 2.45) is 0 Å². The second-order valence-corrected chi connectivity index (χ2v) is 8.66. The number of nitrogens with zero attached hydrogens (tertiary/aromatic N) is 2. The zero-order valence-corrected chi connectivity index (χ0v) is 15.2. The summed E-state index contributed by atoms with van der Waals surface area (Å²) in [5.41, 5.74) is -0.255. The smallest absolute Gasteiger partial charge is 0.323 e. The van der Waals surface area contributed by atoms with E-state index in [-0.39, 0.29) is 10.6 Å². The van der Waals surface area contributed by atoms with Gasteiger partial charge < -0.3 is 10.0 Å². The maximum absolute atomic E-state index is 12.5. The van der Waals surface area contributed by atoms with Crippen LogP contribution in [0.25, 0.3) is 0 Å². The maximum atomic E-state index is 12.5. The minimum Gasteiger partial charge on any atom is -0.480 e. The highest BCUT2D eigenvalue weighted by molar-refractivity contribution is 7.89. The molecule has 0 amide bonds. The number of hydrogen-bond donors (Lipinski definition) is 3. The molecule has 0 unspecified atom stereocenters. The summed E-state index contributed by atoms with van der Waals surface area (Å²) in [6.07, 6.45) is 0.818. The Morgan fingerprint density at radius 2 is 1.88 bits per heavy atom. The molecular weight excluding hydrogens is 370 g/mol. The van der Waals surface area contributed by atoms with Crippen LogP contribution in [0.2, 0.25) is 0 Å². The lowest BCUT2D eigenvalue weighted by atomic mass is 9.89. The first-order valence-corrected chi connectivity index (χ1v) is 9.39. The molecule has 11 heteroatoms. The topological polar surface area (TPSA) is 130 Å². The standard InChI is InChI=1S/C14H19N3O6S2/c1-16-8-6-14(24,7-9-16)12(13(18)19)15-25(22,23)11-4-2-10(3-5-11)17(20)21/h2-5,12,15,24H,6-9H2,1H3,(H,18,19)/t12-/m1/s1. The second-order valence-electron chi connectivity index (χ2n) is 6.05. The molecule has 0 aliphatic carbocycles. The number of nitrogens with one attached hydrogen (secondary N) is 1. The first kappa shape index (κ1) is 19.6. The van der Waals surface area contributed by atoms with Gasteiger partial charge in [0.25, 0.3) is 5.69 Å². The lowest BCUT2D eigenvalue weighted by molar-refractivity contribution is -0.384. The molecule has 1 aliphatic heterocycles. The number of sulfonamides is 1. The van der Waals surface area contributed by atoms with E-state index >= 15 is 0 Å². The molecule has 1 fully saturated rings. The number of rotatable bonds is 6. The number of carboxylic acids is 1. The van der Waals surface area contributed by atoms with Crippen molar-refractivity contribution in [2.45, 2.75) is 28.5 Å². The summed E-state index contributed by atoms with van der Waals surface area (Å²) in [5, 5.41) is 20.2. The van der Waals surface area contributed by atoms with E-state index in [4.69, 9.17) is 0 Å². The molecule has 1 aliphatic rings. The minimum atomic E-state index is -4.16. The number of piperidine rings is 1. The number of benzene rings is 1. The Bertz CT molecular complexity index is 757. The number of carboxylic acid groups (broad SMARTS) is 1. The van der Waals surface area contributed by atoms with E-state index in [9.17, 15) is 28.4 Å². The number of thiol groups is 1. The Hall–Kier alpha value is -1.69. The highest BCUT2D eigenvalue weighted by Crippen LogP contribution is 2.33. The van der Waals surface area contributed by atoms with E-state index in [1.54, 1.807) is 0 Å². The van der Waals surface area contributed by atoms with Crippen LogP contribution in [0.15, 0.2) is 29.2 Å². The number of likely N-dealkylation sites (tertiary alicyclic amines) is 1. The molecule has 1 aromatic rings. The van der Waals surface area contributed by atoms with Crippen molar-refractivity contribution >= 4 is 34.3 Å². The molecule has 2 rings (SSSR count). The van der Waals surface area contributed by atoms with Crippen LogP contribution in [0.3, 0.4) is 0 Å². The summed E-state index contributed by atoms with van der Waals surface area (Å²) >= 11 is 4.47. The van der Waals surface area contributed by atoms with Gasteiger partial charge in [-0.05, 0) is 45.1 Å². The molecule has 0 saturated carbocycles. The molecule has 0 aromatic heterocycles. The summed E-state index contributed by atoms with van der Waals surface area (Å²) in [6, 6.07) is 2.83. The van der Waals surface area contributed by atoms with Gasteiger partial charge in [0.1, 0.15) is 6.04 Å². The Morgan fingerprint density at radius 3 is 2.32 bits per heavy atom. The fourth-order valence-corrected chi connectivity index (χ4v) is 4.38. The molecule has 0 spiro atoms. The number of carbonyl (C=O) groups is 1. The van der Waals surface area contributed by atoms with Crippen LogP contribution in [0.4, 0.5) is 5.69 Å². The normalized spacial score (nSPS) is 19.3. The molecule has 1 atom stereocenters. The number of nitro groups is 1. The van der Waals surface area contributed by atoms with Gasteiger partial charge in [0, 0.05) is 16.9 Å². The average Bonchev–Trinajstić information content (AvgIpc) is 2.55. The van der Waals surface area contributed by atoms with Crippen LogP contribution < -0.4 is 4.72 Å². The van der Waals surface area contributed by atoms with E-state index in [0.29, 0.717) is 25.9 Å². The predicted molar refractivity (Wildman–Crippen MR) is 93.3 cm³/mol. The van der Waals surface area contributed by atoms with Crippen molar-refractivity contribution in [3.05, 3.63) is 34.4 Å². The van der Waals surface area contributed by atoms with Gasteiger partial charge in [-0.25, -0.2) is 8.42 Å². The molecule has 25 heavy (non-hydrogen) atoms. The maximum Gasteiger partial charge on any atom is 0.323 e. The van der Waals surface area contributed by atoms with Crippen LogP contribution >= 0.6 is 12.6 Å². The van der Waals surface area contributed by atoms with E-state index < -0.39 is 31.7 Å². The Balaban J connectivity index is 2.26. The molecule has 0 bridgehead atoms. The largest absolute Gasteiger partial charge is 0.480 e. The van der Waals surface area contributed by atoms with Gasteiger partial charge in [-0.15, -0.1) is 0 Å². The Labute approximate surface area is 150 Å². The second kappa shape index (κ2) is 7.28. The third kappa shape index (κ3) is 4.48. The van der Waals surface area contributed by atoms with Gasteiger partial charge in [0.05, 0.1) is 9.82 Å². The van der Waals surface area contributed by atoms with Crippen LogP contribution in [0.5, 0.6) is 0 Å². The summed E-state index contributed by atoms with van der Waals surface area (Å²) in [4.78, 5) is 23.4. The molecule has 0 radical (unpaired) electrons. The summed E-state index contributed by atoms with van der Waals surface area (Å²) < 4.78 is 26.1. The molecule has 9 nitrogen and oxygen atoms in total. The molecule has 1 aromatic carbocycles. The van der Waals surface area contributed by atoms with Crippen LogP contribution in [0.1, 0.15) is 12.8 Å². The van der Waals surface area contributed by atoms with Gasteiger partial charge in [-0.3, -0.25) is 14.9 Å². The number of aliphatic carboxylic acids is 1. The first-order chi connectivity index (χ1) is 11.5.